The van der Waals surface area contributed by atoms with E-state index in [2.05, 4.69) is 34.6 Å². The second-order valence-electron chi connectivity index (χ2n) is 27.6. The van der Waals surface area contributed by atoms with Gasteiger partial charge in [-0.05, 0) is 31.6 Å². The molecule has 0 rings (SSSR count). The van der Waals surface area contributed by atoms with E-state index in [0.29, 0.717) is 25.7 Å². The number of phosphoric acid groups is 2. The van der Waals surface area contributed by atoms with Crippen LogP contribution in [0.3, 0.4) is 0 Å². The zero-order chi connectivity index (χ0) is 69.8. The minimum absolute atomic E-state index is 0.104. The van der Waals surface area contributed by atoms with Crippen molar-refractivity contribution in [2.75, 3.05) is 39.6 Å². The summed E-state index contributed by atoms with van der Waals surface area (Å²) in [4.78, 5) is 72.5. The summed E-state index contributed by atoms with van der Waals surface area (Å²) in [5.74, 6) is -1.36. The highest BCUT2D eigenvalue weighted by atomic mass is 31.2. The Bertz CT molecular complexity index is 1820. The number of aliphatic hydroxyl groups is 1. The predicted molar refractivity (Wildman–Crippen MR) is 386 cm³/mol. The van der Waals surface area contributed by atoms with Crippen molar-refractivity contribution in [2.24, 2.45) is 5.92 Å². The summed E-state index contributed by atoms with van der Waals surface area (Å²) in [6, 6.07) is 0. The van der Waals surface area contributed by atoms with E-state index >= 15 is 0 Å². The van der Waals surface area contributed by atoms with Crippen molar-refractivity contribution >= 4 is 39.5 Å². The quantitative estimate of drug-likeness (QED) is 0.0222. The van der Waals surface area contributed by atoms with Gasteiger partial charge in [0, 0.05) is 25.7 Å². The Morgan fingerprint density at radius 1 is 0.295 bits per heavy atom. The van der Waals surface area contributed by atoms with Gasteiger partial charge in [-0.1, -0.05) is 349 Å². The molecule has 95 heavy (non-hydrogen) atoms. The normalized spacial score (nSPS) is 14.2. The molecule has 0 aliphatic heterocycles. The van der Waals surface area contributed by atoms with Gasteiger partial charge >= 0.3 is 39.5 Å². The molecule has 0 aromatic carbocycles. The van der Waals surface area contributed by atoms with Crippen molar-refractivity contribution in [2.45, 2.75) is 419 Å². The molecule has 0 saturated heterocycles. The maximum Gasteiger partial charge on any atom is 0.472 e. The Hall–Kier alpha value is -1.94. The van der Waals surface area contributed by atoms with Crippen LogP contribution in [-0.4, -0.2) is 96.7 Å². The molecule has 0 spiro atoms. The molecule has 6 atom stereocenters. The molecule has 0 aliphatic carbocycles. The molecule has 0 aromatic heterocycles. The number of ether oxygens (including phenoxy) is 4. The summed E-state index contributed by atoms with van der Waals surface area (Å²) < 4.78 is 68.3. The Morgan fingerprint density at radius 2 is 0.505 bits per heavy atom. The first-order valence-corrected chi connectivity index (χ1v) is 42.7. The van der Waals surface area contributed by atoms with Gasteiger partial charge in [-0.2, -0.15) is 0 Å². The molecule has 0 amide bonds. The Morgan fingerprint density at radius 3 is 0.747 bits per heavy atom. The minimum Gasteiger partial charge on any atom is -0.462 e. The van der Waals surface area contributed by atoms with E-state index in [0.717, 1.165) is 102 Å². The fourth-order valence-corrected chi connectivity index (χ4v) is 13.3. The average Bonchev–Trinajstić information content (AvgIpc) is 2.40. The zero-order valence-corrected chi connectivity index (χ0v) is 63.6. The van der Waals surface area contributed by atoms with Gasteiger partial charge in [0.1, 0.15) is 19.3 Å². The van der Waals surface area contributed by atoms with E-state index in [4.69, 9.17) is 37.0 Å². The predicted octanol–water partition coefficient (Wildman–Crippen LogP) is 22.5. The van der Waals surface area contributed by atoms with E-state index < -0.39 is 97.5 Å². The van der Waals surface area contributed by atoms with Crippen molar-refractivity contribution in [3.8, 4) is 0 Å². The van der Waals surface area contributed by atoms with E-state index in [1.807, 2.05) is 0 Å². The van der Waals surface area contributed by atoms with Crippen molar-refractivity contribution in [3.63, 3.8) is 0 Å². The van der Waals surface area contributed by atoms with Gasteiger partial charge in [0.05, 0.1) is 26.4 Å². The summed E-state index contributed by atoms with van der Waals surface area (Å²) in [6.45, 7) is 7.19. The van der Waals surface area contributed by atoms with E-state index in [-0.39, 0.29) is 25.7 Å². The van der Waals surface area contributed by atoms with Crippen LogP contribution in [0.4, 0.5) is 0 Å². The molecule has 0 heterocycles. The molecule has 3 N–H and O–H groups in total. The SMILES string of the molecule is CCCCCCCCCCCCCCCCCCCCCCCCC(=O)O[C@H](COC(=O)CCCCCCCCCCCCCCCCCC)COP(=O)(O)OC[C@@H](O)COP(=O)(O)OC[C@@H](COC(=O)CCCCCCC)OC(=O)CCCCCCCCCCC(C)CC. The second-order valence-corrected chi connectivity index (χ2v) is 30.5. The van der Waals surface area contributed by atoms with Crippen LogP contribution in [0.2, 0.25) is 0 Å². The van der Waals surface area contributed by atoms with Crippen LogP contribution >= 0.6 is 15.6 Å². The topological polar surface area (TPSA) is 237 Å². The van der Waals surface area contributed by atoms with E-state index in [1.54, 1.807) is 0 Å². The maximum atomic E-state index is 13.1. The first-order chi connectivity index (χ1) is 46.1. The smallest absolute Gasteiger partial charge is 0.462 e. The van der Waals surface area contributed by atoms with Crippen LogP contribution in [0.25, 0.3) is 0 Å². The van der Waals surface area contributed by atoms with Gasteiger partial charge < -0.3 is 33.8 Å². The zero-order valence-electron chi connectivity index (χ0n) is 61.8. The number of aliphatic hydroxyl groups excluding tert-OH is 1. The van der Waals surface area contributed by atoms with Crippen molar-refractivity contribution in [1.29, 1.82) is 0 Å². The molecule has 0 aliphatic rings. The lowest BCUT2D eigenvalue weighted by atomic mass is 9.99. The van der Waals surface area contributed by atoms with Gasteiger partial charge in [-0.25, -0.2) is 9.13 Å². The lowest BCUT2D eigenvalue weighted by Gasteiger charge is -2.21. The number of esters is 4. The second kappa shape index (κ2) is 69.2. The molecular formula is C76H148O17P2. The summed E-state index contributed by atoms with van der Waals surface area (Å²) in [6.07, 6.45) is 58.8. The van der Waals surface area contributed by atoms with Crippen LogP contribution in [0.1, 0.15) is 401 Å². The van der Waals surface area contributed by atoms with Crippen molar-refractivity contribution in [3.05, 3.63) is 0 Å². The number of phosphoric ester groups is 2. The van der Waals surface area contributed by atoms with Gasteiger partial charge in [-0.15, -0.1) is 0 Å². The highest BCUT2D eigenvalue weighted by Crippen LogP contribution is 2.45. The summed E-state index contributed by atoms with van der Waals surface area (Å²) in [5, 5.41) is 10.6. The van der Waals surface area contributed by atoms with E-state index in [9.17, 15) is 43.2 Å². The molecule has 19 heteroatoms. The molecule has 0 aromatic rings. The average molecular weight is 1400 g/mol. The van der Waals surface area contributed by atoms with Crippen LogP contribution in [0, 0.1) is 5.92 Å². The third-order valence-electron chi connectivity index (χ3n) is 18.1. The monoisotopic (exact) mass is 1400 g/mol. The summed E-state index contributed by atoms with van der Waals surface area (Å²) in [5.41, 5.74) is 0. The number of unbranched alkanes of at least 4 members (excludes halogenated alkanes) is 47. The number of rotatable bonds is 76. The lowest BCUT2D eigenvalue weighted by molar-refractivity contribution is -0.161. The number of carbonyl (C=O) groups excluding carboxylic acids is 4. The Kier molecular flexibility index (Phi) is 67.7. The van der Waals surface area contributed by atoms with Gasteiger partial charge in [0.2, 0.25) is 0 Å². The minimum atomic E-state index is -4.95. The first kappa shape index (κ1) is 93.1. The molecule has 0 saturated carbocycles. The molecule has 3 unspecified atom stereocenters. The van der Waals surface area contributed by atoms with Crippen molar-refractivity contribution < 1.29 is 80.2 Å². The Labute approximate surface area is 581 Å². The Balaban J connectivity index is 5.11. The van der Waals surface area contributed by atoms with Crippen molar-refractivity contribution in [1.82, 2.24) is 0 Å². The molecular weight excluding hydrogens is 1250 g/mol. The maximum absolute atomic E-state index is 13.1. The molecule has 0 radical (unpaired) electrons. The van der Waals surface area contributed by atoms with Gasteiger partial charge in [0.15, 0.2) is 12.2 Å². The van der Waals surface area contributed by atoms with Crippen LogP contribution in [0.5, 0.6) is 0 Å². The number of hydrogen-bond donors (Lipinski definition) is 3. The van der Waals surface area contributed by atoms with Crippen LogP contribution < -0.4 is 0 Å². The van der Waals surface area contributed by atoms with Gasteiger partial charge in [-0.3, -0.25) is 37.3 Å². The third-order valence-corrected chi connectivity index (χ3v) is 20.0. The van der Waals surface area contributed by atoms with E-state index in [1.165, 1.54) is 218 Å². The molecule has 17 nitrogen and oxygen atoms in total. The summed E-state index contributed by atoms with van der Waals surface area (Å²) >= 11 is 0. The van der Waals surface area contributed by atoms with Crippen LogP contribution in [0.15, 0.2) is 0 Å². The highest BCUT2D eigenvalue weighted by Gasteiger charge is 2.30. The fraction of sp³-hybridized carbons (Fsp3) is 0.947. The largest absolute Gasteiger partial charge is 0.472 e. The highest BCUT2D eigenvalue weighted by molar-refractivity contribution is 7.47. The summed E-state index contributed by atoms with van der Waals surface area (Å²) in [7, 11) is -9.90. The first-order valence-electron chi connectivity index (χ1n) is 39.7. The fourth-order valence-electron chi connectivity index (χ4n) is 11.7. The third kappa shape index (κ3) is 69.0. The standard InChI is InChI=1S/C76H148O17P2/c1-6-10-13-16-18-20-22-24-26-28-29-30-31-32-33-35-37-39-41-46-51-56-61-75(80)93-72(66-87-74(79)60-55-50-45-40-38-36-34-27-25-23-21-19-17-14-11-7-2)68-91-95(84,85)89-64-70(77)63-88-94(82,83)90-67-71(65-86-73(78)59-54-48-15-12-8-3)92-76(81)62-57-52-47-43-42-44-49-53-58-69(5)9-4/h69-72,77H,6-68H2,1-5H3,(H,82,83)(H,84,85)/t69?,70-,71+,72+/m0/s1. The van der Waals surface area contributed by atoms with Gasteiger partial charge in [0.25, 0.3) is 0 Å². The number of hydrogen-bond acceptors (Lipinski definition) is 15. The van der Waals surface area contributed by atoms with Crippen LogP contribution in [-0.2, 0) is 65.4 Å². The molecule has 0 bridgehead atoms. The molecule has 0 fully saturated rings. The molecule has 564 valence electrons. The lowest BCUT2D eigenvalue weighted by Crippen LogP contribution is -2.30. The number of carbonyl (C=O) groups is 4.